The Morgan fingerprint density at radius 3 is 2.41 bits per heavy atom. The Bertz CT molecular complexity index is 919. The van der Waals surface area contributed by atoms with Gasteiger partial charge < -0.3 is 14.8 Å². The summed E-state index contributed by atoms with van der Waals surface area (Å²) in [4.78, 5) is 12.6. The van der Waals surface area contributed by atoms with E-state index < -0.39 is 10.0 Å². The van der Waals surface area contributed by atoms with Crippen molar-refractivity contribution in [2.24, 2.45) is 0 Å². The van der Waals surface area contributed by atoms with Crippen molar-refractivity contribution in [3.63, 3.8) is 0 Å². The molecular weight excluding hydrogens is 392 g/mol. The summed E-state index contributed by atoms with van der Waals surface area (Å²) in [5, 5.41) is 2.76. The summed E-state index contributed by atoms with van der Waals surface area (Å²) in [6.07, 6.45) is 2.21. The topological polar surface area (TPSA) is 93.7 Å². The van der Waals surface area contributed by atoms with Crippen molar-refractivity contribution in [3.8, 4) is 5.75 Å². The quantitative estimate of drug-likeness (QED) is 0.687. The van der Waals surface area contributed by atoms with Gasteiger partial charge in [0, 0.05) is 23.9 Å². The van der Waals surface area contributed by atoms with E-state index in [0.717, 1.165) is 19.4 Å². The fourth-order valence-corrected chi connectivity index (χ4v) is 4.22. The van der Waals surface area contributed by atoms with Crippen LogP contribution >= 0.6 is 0 Å². The number of sulfonamides is 1. The molecule has 29 heavy (non-hydrogen) atoms. The minimum Gasteiger partial charge on any atom is -0.491 e. The highest BCUT2D eigenvalue weighted by atomic mass is 32.2. The first-order valence-electron chi connectivity index (χ1n) is 9.62. The summed E-state index contributed by atoms with van der Waals surface area (Å²) in [6.45, 7) is 4.80. The number of carbonyl (C=O) groups is 1. The number of rotatable bonds is 8. The largest absolute Gasteiger partial charge is 0.491 e. The predicted molar refractivity (Wildman–Crippen MR) is 111 cm³/mol. The fourth-order valence-electron chi connectivity index (χ4n) is 2.97. The van der Waals surface area contributed by atoms with Gasteiger partial charge in [-0.05, 0) is 75.2 Å². The van der Waals surface area contributed by atoms with E-state index in [2.05, 4.69) is 10.0 Å². The lowest BCUT2D eigenvalue weighted by molar-refractivity contribution is 0.0679. The molecule has 1 atom stereocenters. The molecule has 0 aliphatic carbocycles. The van der Waals surface area contributed by atoms with Gasteiger partial charge in [-0.1, -0.05) is 0 Å². The molecule has 1 aliphatic heterocycles. The minimum atomic E-state index is -3.56. The molecule has 1 amide bonds. The molecule has 0 unspecified atom stereocenters. The Morgan fingerprint density at radius 1 is 1.14 bits per heavy atom. The molecule has 1 aliphatic rings. The van der Waals surface area contributed by atoms with Crippen molar-refractivity contribution in [1.82, 2.24) is 4.72 Å². The molecule has 2 N–H and O–H groups in total. The number of amides is 1. The molecule has 2 aromatic carbocycles. The lowest BCUT2D eigenvalue weighted by Crippen LogP contribution is -2.30. The zero-order valence-corrected chi connectivity index (χ0v) is 17.4. The molecule has 1 heterocycles. The maximum Gasteiger partial charge on any atom is 0.255 e. The standard InChI is InChI=1S/C21H26N2O5S/c1-15(2)23-29(25,26)20-11-7-17(8-12-20)22-21(24)16-5-9-18(10-6-16)28-14-19-4-3-13-27-19/h5-12,15,19,23H,3-4,13-14H2,1-2H3,(H,22,24)/t19-/m1/s1. The van der Waals surface area contributed by atoms with Gasteiger partial charge in [-0.25, -0.2) is 13.1 Å². The summed E-state index contributed by atoms with van der Waals surface area (Å²) in [5.74, 6) is 0.399. The highest BCUT2D eigenvalue weighted by Gasteiger charge is 2.17. The maximum atomic E-state index is 12.4. The van der Waals surface area contributed by atoms with Crippen LogP contribution in [0.5, 0.6) is 5.75 Å². The highest BCUT2D eigenvalue weighted by molar-refractivity contribution is 7.89. The monoisotopic (exact) mass is 418 g/mol. The van der Waals surface area contributed by atoms with Gasteiger partial charge in [0.15, 0.2) is 0 Å². The van der Waals surface area contributed by atoms with Crippen molar-refractivity contribution in [3.05, 3.63) is 54.1 Å². The van der Waals surface area contributed by atoms with Crippen molar-refractivity contribution < 1.29 is 22.7 Å². The van der Waals surface area contributed by atoms with Crippen LogP contribution in [0.3, 0.4) is 0 Å². The van der Waals surface area contributed by atoms with Crippen LogP contribution in [0, 0.1) is 0 Å². The first-order valence-corrected chi connectivity index (χ1v) is 11.1. The average Bonchev–Trinajstić information content (AvgIpc) is 3.20. The van der Waals surface area contributed by atoms with Crippen LogP contribution in [0.15, 0.2) is 53.4 Å². The lowest BCUT2D eigenvalue weighted by atomic mass is 10.2. The van der Waals surface area contributed by atoms with Crippen molar-refractivity contribution in [2.45, 2.75) is 43.7 Å². The Morgan fingerprint density at radius 2 is 1.83 bits per heavy atom. The molecule has 0 saturated carbocycles. The van der Waals surface area contributed by atoms with Crippen molar-refractivity contribution >= 4 is 21.6 Å². The summed E-state index contributed by atoms with van der Waals surface area (Å²) < 4.78 is 38.0. The first kappa shape index (κ1) is 21.3. The van der Waals surface area contributed by atoms with Gasteiger partial charge in [0.25, 0.3) is 5.91 Å². The van der Waals surface area contributed by atoms with E-state index in [1.807, 2.05) is 0 Å². The summed E-state index contributed by atoms with van der Waals surface area (Å²) in [5.41, 5.74) is 0.991. The molecule has 0 spiro atoms. The minimum absolute atomic E-state index is 0.139. The summed E-state index contributed by atoms with van der Waals surface area (Å²) in [7, 11) is -3.56. The highest BCUT2D eigenvalue weighted by Crippen LogP contribution is 2.18. The van der Waals surface area contributed by atoms with E-state index in [9.17, 15) is 13.2 Å². The summed E-state index contributed by atoms with van der Waals surface area (Å²) >= 11 is 0. The summed E-state index contributed by atoms with van der Waals surface area (Å²) in [6, 6.07) is 12.7. The molecular formula is C21H26N2O5S. The van der Waals surface area contributed by atoms with Crippen LogP contribution in [0.1, 0.15) is 37.0 Å². The molecule has 1 fully saturated rings. The van der Waals surface area contributed by atoms with Gasteiger partial charge >= 0.3 is 0 Å². The molecule has 0 bridgehead atoms. The maximum absolute atomic E-state index is 12.4. The zero-order chi connectivity index (χ0) is 20.9. The Labute approximate surface area is 171 Å². The van der Waals surface area contributed by atoms with Gasteiger partial charge in [0.05, 0.1) is 11.0 Å². The first-order chi connectivity index (χ1) is 13.8. The van der Waals surface area contributed by atoms with Crippen LogP contribution < -0.4 is 14.8 Å². The number of ether oxygens (including phenoxy) is 2. The second kappa shape index (κ2) is 9.39. The van der Waals surface area contributed by atoms with Crippen LogP contribution in [-0.2, 0) is 14.8 Å². The zero-order valence-electron chi connectivity index (χ0n) is 16.6. The molecule has 7 nitrogen and oxygen atoms in total. The smallest absolute Gasteiger partial charge is 0.255 e. The van der Waals surface area contributed by atoms with Crippen LogP contribution in [-0.4, -0.2) is 39.7 Å². The fraction of sp³-hybridized carbons (Fsp3) is 0.381. The third-order valence-corrected chi connectivity index (χ3v) is 6.06. The molecule has 1 saturated heterocycles. The number of hydrogen-bond acceptors (Lipinski definition) is 5. The van der Waals surface area contributed by atoms with E-state index in [1.165, 1.54) is 12.1 Å². The lowest BCUT2D eigenvalue weighted by Gasteiger charge is -2.12. The van der Waals surface area contributed by atoms with E-state index in [4.69, 9.17) is 9.47 Å². The molecule has 156 valence electrons. The van der Waals surface area contributed by atoms with Crippen LogP contribution in [0.4, 0.5) is 5.69 Å². The van der Waals surface area contributed by atoms with E-state index in [-0.39, 0.29) is 22.9 Å². The van der Waals surface area contributed by atoms with Gasteiger partial charge in [-0.3, -0.25) is 4.79 Å². The molecule has 0 aromatic heterocycles. The molecule has 8 heteroatoms. The second-order valence-electron chi connectivity index (χ2n) is 7.22. The Hall–Kier alpha value is -2.42. The third kappa shape index (κ3) is 6.03. The number of benzene rings is 2. The number of carbonyl (C=O) groups excluding carboxylic acids is 1. The van der Waals surface area contributed by atoms with Gasteiger partial charge in [0.1, 0.15) is 12.4 Å². The van der Waals surface area contributed by atoms with Crippen molar-refractivity contribution in [1.29, 1.82) is 0 Å². The van der Waals surface area contributed by atoms with Gasteiger partial charge in [-0.15, -0.1) is 0 Å². The molecule has 2 aromatic rings. The van der Waals surface area contributed by atoms with Crippen LogP contribution in [0.25, 0.3) is 0 Å². The number of nitrogens with one attached hydrogen (secondary N) is 2. The van der Waals surface area contributed by atoms with Gasteiger partial charge in [0.2, 0.25) is 10.0 Å². The Balaban J connectivity index is 1.56. The van der Waals surface area contributed by atoms with E-state index in [1.54, 1.807) is 50.2 Å². The van der Waals surface area contributed by atoms with Crippen LogP contribution in [0.2, 0.25) is 0 Å². The molecule has 3 rings (SSSR count). The van der Waals surface area contributed by atoms with Crippen molar-refractivity contribution in [2.75, 3.05) is 18.5 Å². The number of anilines is 1. The second-order valence-corrected chi connectivity index (χ2v) is 8.94. The van der Waals surface area contributed by atoms with Gasteiger partial charge in [-0.2, -0.15) is 0 Å². The number of hydrogen-bond donors (Lipinski definition) is 2. The average molecular weight is 419 g/mol. The van der Waals surface area contributed by atoms with E-state index >= 15 is 0 Å². The SMILES string of the molecule is CC(C)NS(=O)(=O)c1ccc(NC(=O)c2ccc(OC[C@H]3CCCO3)cc2)cc1. The Kier molecular flexibility index (Phi) is 6.89. The third-order valence-electron chi connectivity index (χ3n) is 4.39. The predicted octanol–water partition coefficient (Wildman–Crippen LogP) is 3.18. The normalized spacial score (nSPS) is 16.7. The molecule has 0 radical (unpaired) electrons. The van der Waals surface area contributed by atoms with E-state index in [0.29, 0.717) is 23.6 Å².